The van der Waals surface area contributed by atoms with Gasteiger partial charge in [0.25, 0.3) is 0 Å². The third kappa shape index (κ3) is 1.91. The van der Waals surface area contributed by atoms with E-state index in [1.165, 1.54) is 25.7 Å². The van der Waals surface area contributed by atoms with Gasteiger partial charge in [0.1, 0.15) is 0 Å². The maximum Gasteiger partial charge on any atom is 0.0931 e. The largest absolute Gasteiger partial charge is 0.398 e. The number of aliphatic hydroxyl groups is 1. The van der Waals surface area contributed by atoms with Crippen LogP contribution in [0.25, 0.3) is 0 Å². The molecule has 2 fully saturated rings. The zero-order chi connectivity index (χ0) is 12.6. The highest BCUT2D eigenvalue weighted by atomic mass is 16.3. The topological polar surface area (TPSA) is 59.1 Å². The Morgan fingerprint density at radius 2 is 1.72 bits per heavy atom. The summed E-state index contributed by atoms with van der Waals surface area (Å²) in [5.41, 5.74) is 7.28. The van der Waals surface area contributed by atoms with Crippen LogP contribution in [-0.4, -0.2) is 10.1 Å². The molecule has 0 amide bonds. The maximum absolute atomic E-state index is 10.8. The number of hydrogen-bond acceptors (Lipinski definition) is 3. The number of rotatable bonds is 1. The van der Waals surface area contributed by atoms with Crippen molar-refractivity contribution in [2.45, 2.75) is 57.0 Å². The lowest BCUT2D eigenvalue weighted by atomic mass is 9.66. The van der Waals surface area contributed by atoms with E-state index >= 15 is 0 Å². The summed E-state index contributed by atoms with van der Waals surface area (Å²) >= 11 is 0. The molecule has 0 radical (unpaired) electrons. The molecule has 0 unspecified atom stereocenters. The van der Waals surface area contributed by atoms with Crippen LogP contribution in [0, 0.1) is 5.41 Å². The second-order valence-corrected chi connectivity index (χ2v) is 6.20. The number of aromatic nitrogens is 1. The predicted octanol–water partition coefficient (Wildman–Crippen LogP) is 2.99. The highest BCUT2D eigenvalue weighted by molar-refractivity contribution is 5.48. The summed E-state index contributed by atoms with van der Waals surface area (Å²) in [4.78, 5) is 4.11. The van der Waals surface area contributed by atoms with Gasteiger partial charge in [-0.1, -0.05) is 12.8 Å². The fraction of sp³-hybridized carbons (Fsp3) is 0.667. The summed E-state index contributed by atoms with van der Waals surface area (Å²) in [5, 5.41) is 10.8. The van der Waals surface area contributed by atoms with Crippen LogP contribution in [0.4, 0.5) is 5.69 Å². The van der Waals surface area contributed by atoms with Crippen molar-refractivity contribution in [3.8, 4) is 0 Å². The minimum absolute atomic E-state index is 0.531. The van der Waals surface area contributed by atoms with Crippen LogP contribution in [0.3, 0.4) is 0 Å². The Kier molecular flexibility index (Phi) is 2.81. The molecule has 3 rings (SSSR count). The molecule has 2 saturated carbocycles. The molecule has 18 heavy (non-hydrogen) atoms. The first-order valence-electron chi connectivity index (χ1n) is 7.06. The number of nitrogens with zero attached hydrogens (tertiary/aromatic N) is 1. The van der Waals surface area contributed by atoms with E-state index in [0.29, 0.717) is 11.1 Å². The normalized spacial score (nSPS) is 25.4. The van der Waals surface area contributed by atoms with Crippen LogP contribution >= 0.6 is 0 Å². The van der Waals surface area contributed by atoms with Gasteiger partial charge in [0.2, 0.25) is 0 Å². The Hall–Kier alpha value is -1.09. The molecule has 1 spiro atoms. The fourth-order valence-electron chi connectivity index (χ4n) is 3.88. The van der Waals surface area contributed by atoms with E-state index in [1.54, 1.807) is 18.5 Å². The van der Waals surface area contributed by atoms with Crippen LogP contribution in [0.15, 0.2) is 18.5 Å². The van der Waals surface area contributed by atoms with E-state index in [9.17, 15) is 5.11 Å². The van der Waals surface area contributed by atoms with E-state index in [4.69, 9.17) is 5.73 Å². The van der Waals surface area contributed by atoms with Crippen molar-refractivity contribution in [2.75, 3.05) is 5.73 Å². The average Bonchev–Trinajstić information content (AvgIpc) is 2.83. The lowest BCUT2D eigenvalue weighted by Crippen LogP contribution is -2.36. The zero-order valence-corrected chi connectivity index (χ0v) is 10.9. The van der Waals surface area contributed by atoms with Crippen molar-refractivity contribution in [2.24, 2.45) is 5.41 Å². The molecule has 98 valence electrons. The van der Waals surface area contributed by atoms with Crippen molar-refractivity contribution in [3.05, 3.63) is 24.0 Å². The third-order valence-electron chi connectivity index (χ3n) is 5.16. The monoisotopic (exact) mass is 246 g/mol. The van der Waals surface area contributed by atoms with Crippen LogP contribution in [0.2, 0.25) is 0 Å². The standard InChI is InChI=1S/C15H22N2O/c16-13-3-10-17-11-12(13)15(18)8-6-14(7-9-15)4-1-2-5-14/h3,10-11,18H,1-2,4-9H2,(H2,16,17). The summed E-state index contributed by atoms with van der Waals surface area (Å²) in [6.07, 6.45) is 12.8. The van der Waals surface area contributed by atoms with Crippen molar-refractivity contribution in [1.29, 1.82) is 0 Å². The first-order chi connectivity index (χ1) is 8.64. The first-order valence-corrected chi connectivity index (χ1v) is 7.06. The third-order valence-corrected chi connectivity index (χ3v) is 5.16. The maximum atomic E-state index is 10.8. The quantitative estimate of drug-likeness (QED) is 0.801. The van der Waals surface area contributed by atoms with Crippen molar-refractivity contribution < 1.29 is 5.11 Å². The summed E-state index contributed by atoms with van der Waals surface area (Å²) in [5.74, 6) is 0. The van der Waals surface area contributed by atoms with Crippen molar-refractivity contribution >= 4 is 5.69 Å². The fourth-order valence-corrected chi connectivity index (χ4v) is 3.88. The number of nitrogen functional groups attached to an aromatic ring is 1. The van der Waals surface area contributed by atoms with Gasteiger partial charge < -0.3 is 10.8 Å². The van der Waals surface area contributed by atoms with Gasteiger partial charge in [0, 0.05) is 23.6 Å². The number of nitrogens with two attached hydrogens (primary N) is 1. The number of anilines is 1. The van der Waals surface area contributed by atoms with Crippen molar-refractivity contribution in [1.82, 2.24) is 4.98 Å². The Morgan fingerprint density at radius 3 is 2.33 bits per heavy atom. The minimum Gasteiger partial charge on any atom is -0.398 e. The lowest BCUT2D eigenvalue weighted by Gasteiger charge is -2.42. The number of hydrogen-bond donors (Lipinski definition) is 2. The summed E-state index contributed by atoms with van der Waals surface area (Å²) in [7, 11) is 0. The molecule has 0 saturated heterocycles. The Balaban J connectivity index is 1.80. The molecule has 1 aromatic rings. The van der Waals surface area contributed by atoms with Gasteiger partial charge in [-0.3, -0.25) is 4.98 Å². The second-order valence-electron chi connectivity index (χ2n) is 6.20. The van der Waals surface area contributed by atoms with Gasteiger partial charge in [-0.15, -0.1) is 0 Å². The molecule has 1 aromatic heterocycles. The van der Waals surface area contributed by atoms with E-state index in [2.05, 4.69) is 4.98 Å². The molecule has 3 nitrogen and oxygen atoms in total. The van der Waals surface area contributed by atoms with E-state index in [1.807, 2.05) is 0 Å². The second kappa shape index (κ2) is 4.23. The van der Waals surface area contributed by atoms with E-state index in [0.717, 1.165) is 31.2 Å². The van der Waals surface area contributed by atoms with Gasteiger partial charge in [-0.05, 0) is 50.0 Å². The van der Waals surface area contributed by atoms with E-state index in [-0.39, 0.29) is 0 Å². The predicted molar refractivity (Wildman–Crippen MR) is 71.9 cm³/mol. The Bertz CT molecular complexity index is 428. The summed E-state index contributed by atoms with van der Waals surface area (Å²) in [6, 6.07) is 1.78. The SMILES string of the molecule is Nc1ccncc1C1(O)CCC2(CCCC2)CC1. The molecule has 3 N–H and O–H groups in total. The zero-order valence-electron chi connectivity index (χ0n) is 10.9. The smallest absolute Gasteiger partial charge is 0.0931 e. The Labute approximate surface area is 108 Å². The Morgan fingerprint density at radius 1 is 1.06 bits per heavy atom. The van der Waals surface area contributed by atoms with E-state index < -0.39 is 5.60 Å². The average molecular weight is 246 g/mol. The van der Waals surface area contributed by atoms with Crippen LogP contribution in [0.1, 0.15) is 56.9 Å². The van der Waals surface area contributed by atoms with Crippen LogP contribution < -0.4 is 5.73 Å². The molecule has 0 atom stereocenters. The molecule has 2 aliphatic rings. The van der Waals surface area contributed by atoms with Crippen molar-refractivity contribution in [3.63, 3.8) is 0 Å². The van der Waals surface area contributed by atoms with Gasteiger partial charge in [-0.2, -0.15) is 0 Å². The molecule has 1 heterocycles. The van der Waals surface area contributed by atoms with Gasteiger partial charge in [0.05, 0.1) is 5.60 Å². The molecule has 3 heteroatoms. The van der Waals surface area contributed by atoms with Gasteiger partial charge in [-0.25, -0.2) is 0 Å². The summed E-state index contributed by atoms with van der Waals surface area (Å²) < 4.78 is 0. The lowest BCUT2D eigenvalue weighted by molar-refractivity contribution is -0.0372. The minimum atomic E-state index is -0.744. The molecule has 2 aliphatic carbocycles. The summed E-state index contributed by atoms with van der Waals surface area (Å²) in [6.45, 7) is 0. The molecule has 0 aromatic carbocycles. The highest BCUT2D eigenvalue weighted by Gasteiger charge is 2.44. The van der Waals surface area contributed by atoms with Gasteiger partial charge in [0.15, 0.2) is 0 Å². The highest BCUT2D eigenvalue weighted by Crippen LogP contribution is 2.53. The molecule has 0 aliphatic heterocycles. The van der Waals surface area contributed by atoms with Crippen LogP contribution in [-0.2, 0) is 5.60 Å². The van der Waals surface area contributed by atoms with Crippen LogP contribution in [0.5, 0.6) is 0 Å². The number of pyridine rings is 1. The molecule has 0 bridgehead atoms. The first kappa shape index (κ1) is 12.0. The molecular weight excluding hydrogens is 224 g/mol. The molecular formula is C15H22N2O. The van der Waals surface area contributed by atoms with Gasteiger partial charge >= 0.3 is 0 Å².